The molecule has 80 valence electrons. The summed E-state index contributed by atoms with van der Waals surface area (Å²) in [6.45, 7) is 6.30. The number of nitrogens with two attached hydrogens (primary N) is 1. The number of rotatable bonds is 1. The molecule has 4 unspecified atom stereocenters. The van der Waals surface area contributed by atoms with E-state index in [1.165, 1.54) is 0 Å². The van der Waals surface area contributed by atoms with Crippen molar-refractivity contribution in [2.45, 2.75) is 38.0 Å². The maximum atomic E-state index is 6.08. The Morgan fingerprint density at radius 1 is 1.43 bits per heavy atom. The maximum absolute atomic E-state index is 6.08. The van der Waals surface area contributed by atoms with Crippen molar-refractivity contribution < 1.29 is 0 Å². The smallest absolute Gasteiger partial charge is 0.0492 e. The molecule has 0 aromatic heterocycles. The fraction of sp³-hybridized carbons (Fsp3) is 0.800. The van der Waals surface area contributed by atoms with Crippen LogP contribution >= 0.6 is 0 Å². The zero-order valence-corrected chi connectivity index (χ0v) is 8.90. The molecule has 2 rings (SSSR count). The molecule has 4 atom stereocenters. The summed E-state index contributed by atoms with van der Waals surface area (Å²) in [5, 5.41) is 6.61. The third-order valence-corrected chi connectivity index (χ3v) is 3.43. The zero-order chi connectivity index (χ0) is 10.1. The minimum absolute atomic E-state index is 0.203. The molecule has 2 aliphatic heterocycles. The zero-order valence-electron chi connectivity index (χ0n) is 8.90. The van der Waals surface area contributed by atoms with Gasteiger partial charge in [0, 0.05) is 37.4 Å². The molecule has 0 spiro atoms. The molecule has 2 aliphatic rings. The van der Waals surface area contributed by atoms with Gasteiger partial charge >= 0.3 is 0 Å². The molecule has 0 bridgehead atoms. The Labute approximate surface area is 85.5 Å². The van der Waals surface area contributed by atoms with E-state index < -0.39 is 0 Å². The van der Waals surface area contributed by atoms with Gasteiger partial charge in [-0.25, -0.2) is 0 Å². The highest BCUT2D eigenvalue weighted by Gasteiger charge is 2.34. The van der Waals surface area contributed by atoms with Crippen LogP contribution in [-0.2, 0) is 0 Å². The predicted molar refractivity (Wildman–Crippen MR) is 57.7 cm³/mol. The fourth-order valence-corrected chi connectivity index (χ4v) is 2.22. The molecule has 1 saturated heterocycles. The second-order valence-electron chi connectivity index (χ2n) is 4.33. The summed E-state index contributed by atoms with van der Waals surface area (Å²) < 4.78 is 0. The third-order valence-electron chi connectivity index (χ3n) is 3.43. The van der Waals surface area contributed by atoms with Crippen LogP contribution in [0.15, 0.2) is 12.3 Å². The highest BCUT2D eigenvalue weighted by Crippen LogP contribution is 2.18. The van der Waals surface area contributed by atoms with E-state index in [4.69, 9.17) is 5.73 Å². The maximum Gasteiger partial charge on any atom is 0.0492 e. The van der Waals surface area contributed by atoms with Crippen molar-refractivity contribution in [2.24, 2.45) is 5.73 Å². The molecule has 1 fully saturated rings. The minimum Gasteiger partial charge on any atom is -0.389 e. The monoisotopic (exact) mass is 196 g/mol. The van der Waals surface area contributed by atoms with E-state index in [1.807, 2.05) is 6.20 Å². The van der Waals surface area contributed by atoms with Gasteiger partial charge in [0.25, 0.3) is 0 Å². The molecule has 2 heterocycles. The van der Waals surface area contributed by atoms with Gasteiger partial charge in [0.15, 0.2) is 0 Å². The highest BCUT2D eigenvalue weighted by atomic mass is 15.3. The molecule has 0 aromatic rings. The molecule has 0 aliphatic carbocycles. The molecule has 0 saturated carbocycles. The van der Waals surface area contributed by atoms with E-state index in [-0.39, 0.29) is 6.04 Å². The van der Waals surface area contributed by atoms with Gasteiger partial charge in [-0.15, -0.1) is 0 Å². The number of hydrogen-bond acceptors (Lipinski definition) is 4. The van der Waals surface area contributed by atoms with E-state index in [0.717, 1.165) is 13.2 Å². The van der Waals surface area contributed by atoms with E-state index in [9.17, 15) is 0 Å². The Balaban J connectivity index is 2.07. The van der Waals surface area contributed by atoms with Crippen molar-refractivity contribution in [2.75, 3.05) is 13.2 Å². The predicted octanol–water partition coefficient (Wildman–Crippen LogP) is -0.561. The lowest BCUT2D eigenvalue weighted by Crippen LogP contribution is -2.54. The summed E-state index contributed by atoms with van der Waals surface area (Å²) in [6, 6.07) is 1.71. The largest absolute Gasteiger partial charge is 0.389 e. The van der Waals surface area contributed by atoms with Crippen LogP contribution in [0, 0.1) is 0 Å². The van der Waals surface area contributed by atoms with E-state index in [1.54, 1.807) is 0 Å². The lowest BCUT2D eigenvalue weighted by atomic mass is 10.0. The van der Waals surface area contributed by atoms with Gasteiger partial charge in [0.05, 0.1) is 0 Å². The number of hydrogen-bond donors (Lipinski definition) is 3. The second kappa shape index (κ2) is 3.88. The van der Waals surface area contributed by atoms with Crippen LogP contribution in [-0.4, -0.2) is 42.3 Å². The number of nitrogens with one attached hydrogen (secondary N) is 2. The average Bonchev–Trinajstić information content (AvgIpc) is 2.49. The summed E-state index contributed by atoms with van der Waals surface area (Å²) in [6.07, 6.45) is 4.19. The van der Waals surface area contributed by atoms with Gasteiger partial charge in [0.2, 0.25) is 0 Å². The first-order valence-electron chi connectivity index (χ1n) is 5.35. The van der Waals surface area contributed by atoms with Gasteiger partial charge in [-0.1, -0.05) is 0 Å². The van der Waals surface area contributed by atoms with Crippen molar-refractivity contribution >= 4 is 0 Å². The normalized spacial score (nSPS) is 43.9. The summed E-state index contributed by atoms with van der Waals surface area (Å²) in [7, 11) is 0. The minimum atomic E-state index is 0.203. The van der Waals surface area contributed by atoms with Crippen LogP contribution < -0.4 is 16.4 Å². The van der Waals surface area contributed by atoms with Crippen molar-refractivity contribution in [3.8, 4) is 0 Å². The Bertz CT molecular complexity index is 228. The van der Waals surface area contributed by atoms with Gasteiger partial charge in [0.1, 0.15) is 0 Å². The van der Waals surface area contributed by atoms with Crippen molar-refractivity contribution in [1.82, 2.24) is 15.5 Å². The lowest BCUT2D eigenvalue weighted by molar-refractivity contribution is 0.188. The van der Waals surface area contributed by atoms with Crippen molar-refractivity contribution in [1.29, 1.82) is 0 Å². The van der Waals surface area contributed by atoms with Gasteiger partial charge < -0.3 is 16.4 Å². The summed E-state index contributed by atoms with van der Waals surface area (Å²) in [5.41, 5.74) is 6.08. The first-order chi connectivity index (χ1) is 6.70. The average molecular weight is 196 g/mol. The molecule has 14 heavy (non-hydrogen) atoms. The Morgan fingerprint density at radius 3 is 2.79 bits per heavy atom. The third kappa shape index (κ3) is 1.65. The molecule has 0 aromatic carbocycles. The van der Waals surface area contributed by atoms with Crippen molar-refractivity contribution in [3.05, 3.63) is 12.3 Å². The summed E-state index contributed by atoms with van der Waals surface area (Å²) in [4.78, 5) is 2.44. The van der Waals surface area contributed by atoms with Crippen LogP contribution in [0.3, 0.4) is 0 Å². The van der Waals surface area contributed by atoms with Gasteiger partial charge in [-0.3, -0.25) is 4.90 Å². The summed E-state index contributed by atoms with van der Waals surface area (Å²) >= 11 is 0. The molecule has 4 nitrogen and oxygen atoms in total. The molecule has 4 N–H and O–H groups in total. The lowest BCUT2D eigenvalue weighted by Gasteiger charge is -2.35. The van der Waals surface area contributed by atoms with Crippen LogP contribution in [0.2, 0.25) is 0 Å². The Hall–Kier alpha value is -0.580. The molecule has 4 heteroatoms. The second-order valence-corrected chi connectivity index (χ2v) is 4.33. The van der Waals surface area contributed by atoms with E-state index in [2.05, 4.69) is 35.5 Å². The quantitative estimate of drug-likeness (QED) is 0.526. The first kappa shape index (κ1) is 9.96. The molecule has 0 radical (unpaired) electrons. The van der Waals surface area contributed by atoms with Crippen LogP contribution in [0.5, 0.6) is 0 Å². The molecule has 0 amide bonds. The van der Waals surface area contributed by atoms with Crippen LogP contribution in [0.25, 0.3) is 0 Å². The topological polar surface area (TPSA) is 53.3 Å². The fourth-order valence-electron chi connectivity index (χ4n) is 2.22. The van der Waals surface area contributed by atoms with Crippen LogP contribution in [0.4, 0.5) is 0 Å². The first-order valence-corrected chi connectivity index (χ1v) is 5.35. The molecular weight excluding hydrogens is 176 g/mol. The standard InChI is InChI=1S/C10H20N4/c1-7-8(2)14(6-13-7)10-3-4-12-5-9(10)11/h3-4,7-10,12-13H,5-6,11H2,1-2H3. The van der Waals surface area contributed by atoms with Gasteiger partial charge in [-0.05, 0) is 26.1 Å². The van der Waals surface area contributed by atoms with E-state index in [0.29, 0.717) is 18.1 Å². The van der Waals surface area contributed by atoms with Crippen molar-refractivity contribution in [3.63, 3.8) is 0 Å². The number of nitrogens with zero attached hydrogens (tertiary/aromatic N) is 1. The highest BCUT2D eigenvalue weighted by molar-refractivity contribution is 5.07. The Kier molecular flexibility index (Phi) is 2.76. The van der Waals surface area contributed by atoms with E-state index >= 15 is 0 Å². The summed E-state index contributed by atoms with van der Waals surface area (Å²) in [5.74, 6) is 0. The van der Waals surface area contributed by atoms with Gasteiger partial charge in [-0.2, -0.15) is 0 Å². The Morgan fingerprint density at radius 2 is 2.21 bits per heavy atom. The van der Waals surface area contributed by atoms with Crippen LogP contribution in [0.1, 0.15) is 13.8 Å². The SMILES string of the molecule is CC1NCN(C2C=CNCC2N)C1C. The molecular formula is C10H20N4.